The van der Waals surface area contributed by atoms with Crippen molar-refractivity contribution < 1.29 is 4.79 Å². The van der Waals surface area contributed by atoms with Crippen LogP contribution in [0.25, 0.3) is 0 Å². The quantitative estimate of drug-likeness (QED) is 0.866. The van der Waals surface area contributed by atoms with Gasteiger partial charge in [-0.1, -0.05) is 24.7 Å². The number of thiophene rings is 1. The van der Waals surface area contributed by atoms with Crippen molar-refractivity contribution in [2.24, 2.45) is 11.7 Å². The lowest BCUT2D eigenvalue weighted by Crippen LogP contribution is -2.27. The number of nitrogens with zero attached hydrogens (tertiary/aromatic N) is 1. The van der Waals surface area contributed by atoms with Crippen LogP contribution in [-0.2, 0) is 11.3 Å². The molecule has 2 rings (SSSR count). The SMILES string of the molecule is CN(Cc1cc(C#CCN)cs1)C(=O)CC1CCCC1. The van der Waals surface area contributed by atoms with Gasteiger partial charge in [-0.3, -0.25) is 4.79 Å². The zero-order valence-electron chi connectivity index (χ0n) is 12.0. The van der Waals surface area contributed by atoms with E-state index in [1.165, 1.54) is 30.6 Å². The van der Waals surface area contributed by atoms with Crippen LogP contribution in [0, 0.1) is 17.8 Å². The first-order chi connectivity index (χ1) is 9.69. The number of nitrogens with two attached hydrogens (primary N) is 1. The Bertz CT molecular complexity index is 506. The van der Waals surface area contributed by atoms with E-state index in [0.717, 1.165) is 5.56 Å². The fourth-order valence-corrected chi connectivity index (χ4v) is 3.49. The minimum atomic E-state index is 0.264. The number of carbonyl (C=O) groups excluding carboxylic acids is 1. The first-order valence-electron chi connectivity index (χ1n) is 7.19. The molecule has 0 saturated heterocycles. The topological polar surface area (TPSA) is 46.3 Å². The molecule has 3 nitrogen and oxygen atoms in total. The van der Waals surface area contributed by atoms with Gasteiger partial charge in [-0.15, -0.1) is 11.3 Å². The number of hydrogen-bond donors (Lipinski definition) is 1. The normalized spacial score (nSPS) is 14.9. The van der Waals surface area contributed by atoms with Crippen LogP contribution in [0.1, 0.15) is 42.5 Å². The summed E-state index contributed by atoms with van der Waals surface area (Å²) in [5.74, 6) is 6.74. The maximum Gasteiger partial charge on any atom is 0.222 e. The molecule has 2 N–H and O–H groups in total. The van der Waals surface area contributed by atoms with Gasteiger partial charge in [-0.2, -0.15) is 0 Å². The molecule has 1 aliphatic rings. The molecule has 1 saturated carbocycles. The Morgan fingerprint density at radius 1 is 1.50 bits per heavy atom. The van der Waals surface area contributed by atoms with Gasteiger partial charge in [-0.05, 0) is 24.8 Å². The van der Waals surface area contributed by atoms with Crippen molar-refractivity contribution in [3.05, 3.63) is 21.9 Å². The van der Waals surface area contributed by atoms with Gasteiger partial charge in [0.05, 0.1) is 13.1 Å². The van der Waals surface area contributed by atoms with E-state index in [9.17, 15) is 4.79 Å². The molecular weight excluding hydrogens is 268 g/mol. The predicted molar refractivity (Wildman–Crippen MR) is 83.3 cm³/mol. The van der Waals surface area contributed by atoms with Gasteiger partial charge in [0.1, 0.15) is 0 Å². The van der Waals surface area contributed by atoms with Gasteiger partial charge in [0.2, 0.25) is 5.91 Å². The molecule has 0 aliphatic heterocycles. The third kappa shape index (κ3) is 4.36. The summed E-state index contributed by atoms with van der Waals surface area (Å²) in [7, 11) is 1.89. The van der Waals surface area contributed by atoms with Gasteiger partial charge < -0.3 is 10.6 Å². The van der Waals surface area contributed by atoms with Crippen LogP contribution in [0.15, 0.2) is 11.4 Å². The molecule has 1 aromatic rings. The molecule has 1 fully saturated rings. The summed E-state index contributed by atoms with van der Waals surface area (Å²) in [6.07, 6.45) is 5.72. The lowest BCUT2D eigenvalue weighted by atomic mass is 10.0. The van der Waals surface area contributed by atoms with Crippen molar-refractivity contribution in [3.8, 4) is 11.8 Å². The minimum Gasteiger partial charge on any atom is -0.341 e. The average Bonchev–Trinajstić information content (AvgIpc) is 3.08. The predicted octanol–water partition coefficient (Wildman–Crippen LogP) is 2.60. The monoisotopic (exact) mass is 290 g/mol. The lowest BCUT2D eigenvalue weighted by Gasteiger charge is -2.18. The highest BCUT2D eigenvalue weighted by atomic mass is 32.1. The van der Waals surface area contributed by atoms with E-state index in [2.05, 4.69) is 11.8 Å². The van der Waals surface area contributed by atoms with Gasteiger partial charge in [0.25, 0.3) is 0 Å². The molecule has 20 heavy (non-hydrogen) atoms. The van der Waals surface area contributed by atoms with Gasteiger partial charge >= 0.3 is 0 Å². The van der Waals surface area contributed by atoms with Crippen molar-refractivity contribution in [1.29, 1.82) is 0 Å². The van der Waals surface area contributed by atoms with Gasteiger partial charge in [0, 0.05) is 29.3 Å². The molecule has 1 aromatic heterocycles. The number of hydrogen-bond acceptors (Lipinski definition) is 3. The molecule has 0 unspecified atom stereocenters. The number of amides is 1. The Morgan fingerprint density at radius 3 is 2.95 bits per heavy atom. The second-order valence-electron chi connectivity index (χ2n) is 5.41. The smallest absolute Gasteiger partial charge is 0.222 e. The Hall–Kier alpha value is -1.31. The van der Waals surface area contributed by atoms with Gasteiger partial charge in [-0.25, -0.2) is 0 Å². The highest BCUT2D eigenvalue weighted by Crippen LogP contribution is 2.28. The molecule has 0 bridgehead atoms. The summed E-state index contributed by atoms with van der Waals surface area (Å²) >= 11 is 1.65. The van der Waals surface area contributed by atoms with Crippen LogP contribution in [0.5, 0.6) is 0 Å². The summed E-state index contributed by atoms with van der Waals surface area (Å²) in [4.78, 5) is 15.2. The lowest BCUT2D eigenvalue weighted by molar-refractivity contribution is -0.131. The van der Waals surface area contributed by atoms with Crippen LogP contribution in [0.4, 0.5) is 0 Å². The molecule has 0 atom stereocenters. The summed E-state index contributed by atoms with van der Waals surface area (Å²) < 4.78 is 0. The summed E-state index contributed by atoms with van der Waals surface area (Å²) in [6, 6.07) is 2.05. The fraction of sp³-hybridized carbons (Fsp3) is 0.562. The first kappa shape index (κ1) is 15.1. The standard InChI is InChI=1S/C16H22N2OS/c1-18(16(19)10-13-5-2-3-6-13)11-15-9-14(12-20-15)7-4-8-17/h9,12-13H,2-3,5-6,8,10-11,17H2,1H3. The third-order valence-corrected chi connectivity index (χ3v) is 4.67. The second kappa shape index (κ2) is 7.47. The van der Waals surface area contributed by atoms with Gasteiger partial charge in [0.15, 0.2) is 0 Å². The largest absolute Gasteiger partial charge is 0.341 e. The molecule has 0 spiro atoms. The summed E-state index contributed by atoms with van der Waals surface area (Å²) in [5, 5.41) is 2.02. The first-order valence-corrected chi connectivity index (χ1v) is 8.07. The van der Waals surface area contributed by atoms with E-state index in [-0.39, 0.29) is 5.91 Å². The van der Waals surface area contributed by atoms with Crippen molar-refractivity contribution in [3.63, 3.8) is 0 Å². The summed E-state index contributed by atoms with van der Waals surface area (Å²) in [6.45, 7) is 1.06. The van der Waals surface area contributed by atoms with Crippen molar-refractivity contribution in [2.45, 2.75) is 38.6 Å². The Morgan fingerprint density at radius 2 is 2.25 bits per heavy atom. The number of carbonyl (C=O) groups is 1. The van der Waals surface area contributed by atoms with Crippen LogP contribution in [0.3, 0.4) is 0 Å². The fourth-order valence-electron chi connectivity index (χ4n) is 2.62. The Labute approximate surface area is 125 Å². The van der Waals surface area contributed by atoms with Crippen LogP contribution in [0.2, 0.25) is 0 Å². The number of rotatable bonds is 4. The highest BCUT2D eigenvalue weighted by molar-refractivity contribution is 7.10. The second-order valence-corrected chi connectivity index (χ2v) is 6.41. The zero-order valence-corrected chi connectivity index (χ0v) is 12.8. The van der Waals surface area contributed by atoms with E-state index < -0.39 is 0 Å². The molecule has 1 amide bonds. The van der Waals surface area contributed by atoms with E-state index in [1.807, 2.05) is 23.4 Å². The maximum atomic E-state index is 12.2. The van der Waals surface area contributed by atoms with E-state index in [4.69, 9.17) is 5.73 Å². The van der Waals surface area contributed by atoms with Crippen molar-refractivity contribution in [2.75, 3.05) is 13.6 Å². The summed E-state index contributed by atoms with van der Waals surface area (Å²) in [5.41, 5.74) is 6.35. The molecule has 0 radical (unpaired) electrons. The third-order valence-electron chi connectivity index (χ3n) is 3.75. The van der Waals surface area contributed by atoms with Crippen LogP contribution >= 0.6 is 11.3 Å². The molecule has 0 aromatic carbocycles. The molecule has 108 valence electrons. The minimum absolute atomic E-state index is 0.264. The van der Waals surface area contributed by atoms with E-state index >= 15 is 0 Å². The molecule has 1 aliphatic carbocycles. The average molecular weight is 290 g/mol. The van der Waals surface area contributed by atoms with Crippen molar-refractivity contribution in [1.82, 2.24) is 4.90 Å². The molecule has 4 heteroatoms. The maximum absolute atomic E-state index is 12.2. The molecule has 1 heterocycles. The molecular formula is C16H22N2OS. The Balaban J connectivity index is 1.85. The van der Waals surface area contributed by atoms with Crippen LogP contribution < -0.4 is 5.73 Å². The van der Waals surface area contributed by atoms with E-state index in [1.54, 1.807) is 11.3 Å². The Kier molecular flexibility index (Phi) is 5.63. The van der Waals surface area contributed by atoms with E-state index in [0.29, 0.717) is 25.4 Å². The zero-order chi connectivity index (χ0) is 14.4. The van der Waals surface area contributed by atoms with Crippen LogP contribution in [-0.4, -0.2) is 24.4 Å². The van der Waals surface area contributed by atoms with Crippen molar-refractivity contribution >= 4 is 17.2 Å². The highest BCUT2D eigenvalue weighted by Gasteiger charge is 2.20.